The lowest BCUT2D eigenvalue weighted by molar-refractivity contribution is 1.09. The summed E-state index contributed by atoms with van der Waals surface area (Å²) in [7, 11) is 0. The van der Waals surface area contributed by atoms with Gasteiger partial charge in [-0.3, -0.25) is 5.10 Å². The predicted molar refractivity (Wildman–Crippen MR) is 63.8 cm³/mol. The molecule has 0 fully saturated rings. The first-order chi connectivity index (χ1) is 7.42. The van der Waals surface area contributed by atoms with E-state index >= 15 is 0 Å². The van der Waals surface area contributed by atoms with Crippen molar-refractivity contribution in [3.63, 3.8) is 0 Å². The molecule has 1 aromatic carbocycles. The fraction of sp³-hybridized carbons (Fsp3) is 0.0833. The smallest absolute Gasteiger partial charge is 0.0656 e. The first-order valence-corrected chi connectivity index (χ1v) is 5.26. The van der Waals surface area contributed by atoms with Crippen molar-refractivity contribution in [3.8, 4) is 11.3 Å². The second kappa shape index (κ2) is 4.80. The number of benzene rings is 1. The molecule has 1 heterocycles. The number of hydrogen-bond donors (Lipinski definition) is 1. The number of aromatic amines is 1. The predicted octanol–water partition coefficient (Wildman–Crippen LogP) is 3.33. The molecule has 0 aliphatic heterocycles. The van der Waals surface area contributed by atoms with E-state index in [0.717, 1.165) is 16.8 Å². The summed E-state index contributed by atoms with van der Waals surface area (Å²) in [6.07, 6.45) is 5.69. The molecule has 0 aliphatic carbocycles. The van der Waals surface area contributed by atoms with Gasteiger partial charge in [-0.1, -0.05) is 36.4 Å². The Kier molecular flexibility index (Phi) is 3.20. The number of rotatable bonds is 3. The molecular weight excluding hydrogens is 208 g/mol. The van der Waals surface area contributed by atoms with Crippen molar-refractivity contribution in [1.29, 1.82) is 0 Å². The molecule has 0 aliphatic rings. The fourth-order valence-electron chi connectivity index (χ4n) is 1.47. The van der Waals surface area contributed by atoms with Crippen molar-refractivity contribution in [3.05, 3.63) is 48.2 Å². The highest BCUT2D eigenvalue weighted by Gasteiger charge is 2.01. The van der Waals surface area contributed by atoms with Gasteiger partial charge in [0.05, 0.1) is 5.69 Å². The Morgan fingerprint density at radius 3 is 2.87 bits per heavy atom. The van der Waals surface area contributed by atoms with Crippen molar-refractivity contribution in [2.45, 2.75) is 0 Å². The Morgan fingerprint density at radius 1 is 1.27 bits per heavy atom. The van der Waals surface area contributed by atoms with Crippen LogP contribution in [0.15, 0.2) is 42.6 Å². The van der Waals surface area contributed by atoms with Crippen LogP contribution in [0, 0.1) is 0 Å². The van der Waals surface area contributed by atoms with E-state index in [-0.39, 0.29) is 0 Å². The highest BCUT2D eigenvalue weighted by Crippen LogP contribution is 2.22. The van der Waals surface area contributed by atoms with E-state index in [1.165, 1.54) is 0 Å². The maximum Gasteiger partial charge on any atom is 0.0656 e. The molecule has 0 spiro atoms. The van der Waals surface area contributed by atoms with Crippen molar-refractivity contribution < 1.29 is 0 Å². The Balaban J connectivity index is 2.43. The monoisotopic (exact) mass is 218 g/mol. The van der Waals surface area contributed by atoms with Crippen LogP contribution in [0.1, 0.15) is 5.56 Å². The molecule has 0 atom stereocenters. The van der Waals surface area contributed by atoms with Gasteiger partial charge in [0.1, 0.15) is 0 Å². The number of nitrogens with zero attached hydrogens (tertiary/aromatic N) is 1. The van der Waals surface area contributed by atoms with Crippen LogP contribution in [0.2, 0.25) is 0 Å². The Hall–Kier alpha value is -1.54. The molecule has 15 heavy (non-hydrogen) atoms. The third-order valence-electron chi connectivity index (χ3n) is 2.14. The van der Waals surface area contributed by atoms with Crippen LogP contribution in [-0.4, -0.2) is 16.1 Å². The summed E-state index contributed by atoms with van der Waals surface area (Å²) < 4.78 is 0. The zero-order chi connectivity index (χ0) is 10.5. The summed E-state index contributed by atoms with van der Waals surface area (Å²) in [6.45, 7) is 0. The van der Waals surface area contributed by atoms with Crippen molar-refractivity contribution >= 4 is 17.7 Å². The normalized spacial score (nSPS) is 11.0. The van der Waals surface area contributed by atoms with E-state index in [1.54, 1.807) is 6.20 Å². The largest absolute Gasteiger partial charge is 0.278 e. The molecule has 1 N–H and O–H groups in total. The lowest BCUT2D eigenvalue weighted by Crippen LogP contribution is -1.83. The Bertz CT molecular complexity index is 446. The molecule has 2 nitrogen and oxygen atoms in total. The lowest BCUT2D eigenvalue weighted by Gasteiger charge is -2.02. The zero-order valence-electron chi connectivity index (χ0n) is 8.15. The average molecular weight is 219 g/mol. The highest BCUT2D eigenvalue weighted by molar-refractivity contribution is 6.19. The molecule has 2 aromatic rings. The minimum Gasteiger partial charge on any atom is -0.278 e. The van der Waals surface area contributed by atoms with Crippen LogP contribution < -0.4 is 0 Å². The third-order valence-corrected chi connectivity index (χ3v) is 2.32. The van der Waals surface area contributed by atoms with Gasteiger partial charge in [-0.15, -0.1) is 11.6 Å². The van der Waals surface area contributed by atoms with Gasteiger partial charge < -0.3 is 0 Å². The zero-order valence-corrected chi connectivity index (χ0v) is 8.91. The molecule has 0 unspecified atom stereocenters. The molecule has 0 radical (unpaired) electrons. The summed E-state index contributed by atoms with van der Waals surface area (Å²) in [5.41, 5.74) is 3.29. The molecular formula is C12H11ClN2. The summed E-state index contributed by atoms with van der Waals surface area (Å²) in [5, 5.41) is 6.90. The summed E-state index contributed by atoms with van der Waals surface area (Å²) >= 11 is 5.62. The average Bonchev–Trinajstić information content (AvgIpc) is 2.80. The van der Waals surface area contributed by atoms with Crippen LogP contribution in [0.3, 0.4) is 0 Å². The van der Waals surface area contributed by atoms with Crippen LogP contribution in [-0.2, 0) is 0 Å². The van der Waals surface area contributed by atoms with Crippen LogP contribution in [0.5, 0.6) is 0 Å². The van der Waals surface area contributed by atoms with E-state index in [1.807, 2.05) is 30.4 Å². The molecule has 0 amide bonds. The fourth-order valence-corrected chi connectivity index (χ4v) is 1.55. The summed E-state index contributed by atoms with van der Waals surface area (Å²) in [4.78, 5) is 0. The standard InChI is InChI=1S/C12H11ClN2/c13-8-3-5-10-4-1-2-6-11(10)12-7-9-14-15-12/h1-7,9H,8H2,(H,14,15). The molecule has 3 heteroatoms. The molecule has 2 rings (SSSR count). The van der Waals surface area contributed by atoms with E-state index in [9.17, 15) is 0 Å². The van der Waals surface area contributed by atoms with Gasteiger partial charge in [0, 0.05) is 17.6 Å². The molecule has 0 saturated heterocycles. The molecule has 0 saturated carbocycles. The van der Waals surface area contributed by atoms with E-state index in [0.29, 0.717) is 5.88 Å². The van der Waals surface area contributed by atoms with Crippen LogP contribution in [0.25, 0.3) is 17.3 Å². The van der Waals surface area contributed by atoms with Gasteiger partial charge >= 0.3 is 0 Å². The lowest BCUT2D eigenvalue weighted by atomic mass is 10.0. The van der Waals surface area contributed by atoms with Gasteiger partial charge in [-0.25, -0.2) is 0 Å². The van der Waals surface area contributed by atoms with Gasteiger partial charge in [0.25, 0.3) is 0 Å². The third kappa shape index (κ3) is 2.28. The van der Waals surface area contributed by atoms with Gasteiger partial charge in [-0.2, -0.15) is 5.10 Å². The second-order valence-corrected chi connectivity index (χ2v) is 3.42. The van der Waals surface area contributed by atoms with Gasteiger partial charge in [0.15, 0.2) is 0 Å². The first kappa shape index (κ1) is 9.99. The number of allylic oxidation sites excluding steroid dienone is 1. The number of H-pyrrole nitrogens is 1. The summed E-state index contributed by atoms with van der Waals surface area (Å²) in [5.74, 6) is 0.525. The number of halogens is 1. The Morgan fingerprint density at radius 2 is 2.13 bits per heavy atom. The van der Waals surface area contributed by atoms with Crippen LogP contribution in [0.4, 0.5) is 0 Å². The maximum atomic E-state index is 5.62. The highest BCUT2D eigenvalue weighted by atomic mass is 35.5. The number of hydrogen-bond acceptors (Lipinski definition) is 1. The minimum atomic E-state index is 0.525. The quantitative estimate of drug-likeness (QED) is 0.787. The number of nitrogens with one attached hydrogen (secondary N) is 1. The van der Waals surface area contributed by atoms with Gasteiger partial charge in [-0.05, 0) is 11.6 Å². The number of alkyl halides is 1. The van der Waals surface area contributed by atoms with E-state index in [2.05, 4.69) is 22.3 Å². The SMILES string of the molecule is ClCC=Cc1ccccc1-c1ccn[nH]1. The second-order valence-electron chi connectivity index (χ2n) is 3.11. The molecule has 1 aromatic heterocycles. The topological polar surface area (TPSA) is 28.7 Å². The van der Waals surface area contributed by atoms with Crippen LogP contribution >= 0.6 is 11.6 Å². The van der Waals surface area contributed by atoms with E-state index in [4.69, 9.17) is 11.6 Å². The van der Waals surface area contributed by atoms with Crippen molar-refractivity contribution in [2.24, 2.45) is 0 Å². The molecule has 76 valence electrons. The number of aromatic nitrogens is 2. The van der Waals surface area contributed by atoms with Crippen molar-refractivity contribution in [2.75, 3.05) is 5.88 Å². The molecule has 0 bridgehead atoms. The maximum absolute atomic E-state index is 5.62. The minimum absolute atomic E-state index is 0.525. The van der Waals surface area contributed by atoms with Gasteiger partial charge in [0.2, 0.25) is 0 Å². The summed E-state index contributed by atoms with van der Waals surface area (Å²) in [6, 6.07) is 10.1. The first-order valence-electron chi connectivity index (χ1n) is 4.73. The van der Waals surface area contributed by atoms with Crippen molar-refractivity contribution in [1.82, 2.24) is 10.2 Å². The Labute approximate surface area is 93.6 Å². The van der Waals surface area contributed by atoms with E-state index < -0.39 is 0 Å².